The molecule has 4 unspecified atom stereocenters. The van der Waals surface area contributed by atoms with Gasteiger partial charge in [-0.3, -0.25) is 67.2 Å². The Morgan fingerprint density at radius 2 is 1.42 bits per heavy atom. The fourth-order valence-electron chi connectivity index (χ4n) is 12.8. The summed E-state index contributed by atoms with van der Waals surface area (Å²) in [7, 11) is 1.38. The van der Waals surface area contributed by atoms with Gasteiger partial charge in [-0.05, 0) is 86.6 Å². The molecule has 1 saturated carbocycles. The van der Waals surface area contributed by atoms with Crippen LogP contribution in [0.4, 0.5) is 0 Å². The minimum Gasteiger partial charge on any atom is -0.508 e. The third kappa shape index (κ3) is 30.8. The molecule has 32 heteroatoms. The number of hydrogen-bond donors (Lipinski definition) is 11. The van der Waals surface area contributed by atoms with E-state index in [-0.39, 0.29) is 178 Å². The van der Waals surface area contributed by atoms with Crippen LogP contribution in [0.1, 0.15) is 136 Å². The van der Waals surface area contributed by atoms with Crippen molar-refractivity contribution in [1.29, 1.82) is 0 Å². The average molecular weight is 1540 g/mol. The summed E-state index contributed by atoms with van der Waals surface area (Å²) < 4.78 is 32.4. The van der Waals surface area contributed by atoms with Gasteiger partial charge in [0.15, 0.2) is 29.4 Å². The fraction of sp³-hybridized carbons (Fsp3) is 0.645. The second-order valence-corrected chi connectivity index (χ2v) is 29.3. The maximum atomic E-state index is 14.4. The first-order valence-corrected chi connectivity index (χ1v) is 38.2. The van der Waals surface area contributed by atoms with Crippen molar-refractivity contribution in [1.82, 2.24) is 36.5 Å². The number of aromatic nitrogens is 1. The second-order valence-electron chi connectivity index (χ2n) is 28.0. The molecule has 3 aromatic rings. The van der Waals surface area contributed by atoms with Crippen LogP contribution in [0.5, 0.6) is 5.75 Å². The maximum absolute atomic E-state index is 14.4. The Kier molecular flexibility index (Phi) is 40.0. The van der Waals surface area contributed by atoms with Gasteiger partial charge in [-0.15, -0.1) is 11.8 Å². The zero-order valence-corrected chi connectivity index (χ0v) is 63.7. The molecule has 108 heavy (non-hydrogen) atoms. The molecule has 0 radical (unpaired) electrons. The number of carboxylic acid groups (broad SMARTS) is 1. The summed E-state index contributed by atoms with van der Waals surface area (Å²) in [6.45, 7) is 9.21. The highest BCUT2D eigenvalue weighted by molar-refractivity contribution is 8.00. The van der Waals surface area contributed by atoms with E-state index in [4.69, 9.17) is 28.4 Å². The molecule has 600 valence electrons. The zero-order chi connectivity index (χ0) is 79.4. The molecule has 0 bridgehead atoms. The molecule has 31 nitrogen and oxygen atoms in total. The van der Waals surface area contributed by atoms with Crippen molar-refractivity contribution in [3.05, 3.63) is 65.9 Å². The number of carbonyl (C=O) groups is 13. The number of benzene rings is 2. The van der Waals surface area contributed by atoms with E-state index in [0.29, 0.717) is 29.7 Å². The quantitative estimate of drug-likeness (QED) is 0.0167. The van der Waals surface area contributed by atoms with Gasteiger partial charge >= 0.3 is 11.9 Å². The van der Waals surface area contributed by atoms with Gasteiger partial charge in [-0.2, -0.15) is 0 Å². The molecule has 2 fully saturated rings. The molecule has 11 N–H and O–H groups in total. The number of Topliss-reactive ketones (excluding diaryl/α,β-unsaturated/α-hetero) is 4. The number of ketones is 4. The first-order valence-electron chi connectivity index (χ1n) is 37.1. The van der Waals surface area contributed by atoms with E-state index >= 15 is 0 Å². The lowest BCUT2D eigenvalue weighted by Crippen LogP contribution is -2.53. The summed E-state index contributed by atoms with van der Waals surface area (Å²) in [6.07, 6.45) is -0.511. The fourth-order valence-corrected chi connectivity index (χ4v) is 13.8. The number of aromatic amines is 1. The van der Waals surface area contributed by atoms with Crippen LogP contribution >= 0.6 is 11.8 Å². The number of nitrogens with one attached hydrogen (secondary N) is 6. The third-order valence-electron chi connectivity index (χ3n) is 18.9. The number of ether oxygens (including phenoxy) is 6. The number of imide groups is 1. The lowest BCUT2D eigenvalue weighted by molar-refractivity contribution is -0.194. The van der Waals surface area contributed by atoms with Crippen LogP contribution in [0, 0.1) is 41.4 Å². The SMILES string of the molecule is CCC(CO)OC(COC(=O)CCCC(=O)NCCN1C(=O)CC(SCCOCCC(=O)NCCOCCOCC(=O)C[C@@H](CC(C)C)C(=O)N[C@H](C(=O)C[C@H](C(=O)N[C@@H](CO)C(=O)C2CCC[C@H]2C(=O)N[C@@H](Cc2c[nH]c3ccccc23)C(=O)C[C@@H](Cc2ccc(O)cc2)C(=O)O)C(C)C)[C@@H](C)O)C1=O)OC. The van der Waals surface area contributed by atoms with Gasteiger partial charge in [-0.1, -0.05) is 71.4 Å². The minimum absolute atomic E-state index is 0.00133. The number of nitrogens with zero attached hydrogens (tertiary/aromatic N) is 1. The number of aromatic hydroxyl groups is 1. The predicted molar refractivity (Wildman–Crippen MR) is 394 cm³/mol. The topological polar surface area (TPSA) is 458 Å². The second kappa shape index (κ2) is 47.8. The van der Waals surface area contributed by atoms with Crippen LogP contribution in [0.3, 0.4) is 0 Å². The average Bonchev–Trinajstić information content (AvgIpc) is 1.84. The number of carbonyl (C=O) groups excluding carboxylic acids is 12. The van der Waals surface area contributed by atoms with Gasteiger partial charge in [0.25, 0.3) is 0 Å². The van der Waals surface area contributed by atoms with Crippen LogP contribution in [-0.4, -0.2) is 246 Å². The van der Waals surface area contributed by atoms with E-state index in [9.17, 15) is 87.9 Å². The number of carboxylic acids is 1. The van der Waals surface area contributed by atoms with Crippen LogP contribution in [0.25, 0.3) is 10.9 Å². The summed E-state index contributed by atoms with van der Waals surface area (Å²) in [5.41, 5.74) is 2.01. The van der Waals surface area contributed by atoms with Crippen molar-refractivity contribution in [2.24, 2.45) is 41.4 Å². The summed E-state index contributed by atoms with van der Waals surface area (Å²) in [5.74, 6) is -13.2. The molecule has 1 saturated heterocycles. The molecular formula is C76H111N7O24S. The molecule has 12 atom stereocenters. The monoisotopic (exact) mass is 1540 g/mol. The number of para-hydroxylation sites is 1. The molecule has 1 aliphatic carbocycles. The number of fused-ring (bicyclic) bond motifs is 1. The molecule has 1 aromatic heterocycles. The summed E-state index contributed by atoms with van der Waals surface area (Å²) in [5, 5.41) is 64.4. The number of aliphatic hydroxyl groups is 3. The van der Waals surface area contributed by atoms with E-state index < -0.39 is 150 Å². The van der Waals surface area contributed by atoms with Crippen molar-refractivity contribution in [2.75, 3.05) is 92.0 Å². The number of esters is 1. The number of aliphatic hydroxyl groups excluding tert-OH is 3. The van der Waals surface area contributed by atoms with E-state index in [0.717, 1.165) is 15.8 Å². The first kappa shape index (κ1) is 90.5. The largest absolute Gasteiger partial charge is 0.508 e. The predicted octanol–water partition coefficient (Wildman–Crippen LogP) is 2.99. The Hall–Kier alpha value is -8.08. The van der Waals surface area contributed by atoms with Crippen molar-refractivity contribution in [2.45, 2.75) is 180 Å². The molecule has 7 amide bonds. The van der Waals surface area contributed by atoms with E-state index in [1.165, 1.54) is 37.9 Å². The number of aliphatic carboxylic acids is 1. The number of rotatable bonds is 55. The van der Waals surface area contributed by atoms with Gasteiger partial charge in [0.05, 0.1) is 75.7 Å². The lowest BCUT2D eigenvalue weighted by atomic mass is 9.85. The van der Waals surface area contributed by atoms with Gasteiger partial charge in [0.1, 0.15) is 31.0 Å². The Balaban J connectivity index is 0.982. The van der Waals surface area contributed by atoms with E-state index in [1.54, 1.807) is 32.2 Å². The molecule has 2 heterocycles. The summed E-state index contributed by atoms with van der Waals surface area (Å²) in [4.78, 5) is 178. The zero-order valence-electron chi connectivity index (χ0n) is 62.9. The van der Waals surface area contributed by atoms with Gasteiger partial charge in [0.2, 0.25) is 41.4 Å². The Morgan fingerprint density at radius 1 is 0.722 bits per heavy atom. The Labute approximate surface area is 633 Å². The molecule has 0 spiro atoms. The number of phenolic OH excluding ortho intramolecular Hbond substituents is 1. The number of methoxy groups -OCH3 is 1. The number of amides is 7. The number of phenols is 1. The van der Waals surface area contributed by atoms with Gasteiger partial charge in [0, 0.05) is 125 Å². The normalized spacial score (nSPS) is 17.6. The molecule has 2 aliphatic rings. The first-order chi connectivity index (χ1) is 51.6. The number of hydrogen-bond acceptors (Lipinski definition) is 24. The highest BCUT2D eigenvalue weighted by Gasteiger charge is 2.44. The van der Waals surface area contributed by atoms with Gasteiger partial charge in [-0.25, -0.2) is 0 Å². The molecule has 1 aliphatic heterocycles. The minimum atomic E-state index is -1.52. The number of likely N-dealkylation sites (tertiary alicyclic amines) is 1. The standard InChI is InChI=1S/C76H111N7O24S/c1-8-54(41-84)107-69(102-7)44-106-68(94)18-12-17-65(91)77-24-26-83-67(93)39-64(75(83)99)108-32-31-103-27-23-66(92)78-25-28-104-29-30-105-43-53(88)35-49(33-45(2)3)72(96)82-70(47(6)86)63(90)38-58(46(4)5)74(98)81-61(42-85)71(95)56-14-11-15-57(56)73(97)80-60(36-51-40-79-59-16-10-9-13-55(51)59)62(89)37-50(76(100)101)34-48-19-21-52(87)22-20-48/h9-10,13,16,19-22,40,45-47,49-50,54,56-58,60-61,64,69-70,79,84-87H,8,11-12,14-15,17-18,23-39,41-44H2,1-7H3,(H,77,91)(H,78,92)(H,80,97)(H,81,98)(H,82,96)(H,100,101)/t47-,49-,50-,54?,56?,57-,58+,60+,61+,64?,69?,70+/m1/s1. The highest BCUT2D eigenvalue weighted by Crippen LogP contribution is 2.35. The Bertz CT molecular complexity index is 3440. The molecular weight excluding hydrogens is 1430 g/mol. The van der Waals surface area contributed by atoms with E-state index in [1.807, 2.05) is 45.0 Å². The van der Waals surface area contributed by atoms with Crippen molar-refractivity contribution in [3.8, 4) is 5.75 Å². The number of H-pyrrole nitrogens is 1. The highest BCUT2D eigenvalue weighted by atomic mass is 32.2. The van der Waals surface area contributed by atoms with Crippen molar-refractivity contribution in [3.63, 3.8) is 0 Å². The van der Waals surface area contributed by atoms with E-state index in [2.05, 4.69) is 31.6 Å². The van der Waals surface area contributed by atoms with Crippen LogP contribution < -0.4 is 26.6 Å². The number of thioether (sulfide) groups is 1. The van der Waals surface area contributed by atoms with Crippen molar-refractivity contribution >= 4 is 99.1 Å². The maximum Gasteiger partial charge on any atom is 0.307 e. The summed E-state index contributed by atoms with van der Waals surface area (Å²) in [6, 6.07) is 8.99. The third-order valence-corrected chi connectivity index (χ3v) is 20.1. The Morgan fingerprint density at radius 3 is 2.09 bits per heavy atom. The van der Waals surface area contributed by atoms with Crippen LogP contribution in [-0.2, 0) is 104 Å². The lowest BCUT2D eigenvalue weighted by Gasteiger charge is -2.29. The smallest absolute Gasteiger partial charge is 0.307 e. The summed E-state index contributed by atoms with van der Waals surface area (Å²) >= 11 is 1.25. The molecule has 2 aromatic carbocycles. The van der Waals surface area contributed by atoms with Crippen LogP contribution in [0.2, 0.25) is 0 Å². The van der Waals surface area contributed by atoms with Gasteiger partial charge < -0.3 is 85.5 Å². The molecule has 5 rings (SSSR count). The van der Waals surface area contributed by atoms with Crippen molar-refractivity contribution < 1.29 is 116 Å². The van der Waals surface area contributed by atoms with Crippen LogP contribution in [0.15, 0.2) is 54.7 Å².